The Labute approximate surface area is 79.4 Å². The monoisotopic (exact) mass is 214 g/mol. The lowest BCUT2D eigenvalue weighted by atomic mass is 10.1. The molecule has 1 amide bonds. The molecule has 0 aliphatic heterocycles. The normalized spacial score (nSPS) is 16.4. The van der Waals surface area contributed by atoms with E-state index in [1.54, 1.807) is 0 Å². The van der Waals surface area contributed by atoms with Crippen LogP contribution in [0.15, 0.2) is 0 Å². The van der Waals surface area contributed by atoms with Gasteiger partial charge in [-0.25, -0.2) is 0 Å². The molecule has 1 atom stereocenters. The first-order chi connectivity index (χ1) is 6.15. The van der Waals surface area contributed by atoms with Gasteiger partial charge in [-0.05, 0) is 6.92 Å². The summed E-state index contributed by atoms with van der Waals surface area (Å²) in [5.74, 6) is -0.815. The molecule has 14 heavy (non-hydrogen) atoms. The Hall–Kier alpha value is -0.820. The molecule has 4 N–H and O–H groups in total. The molecule has 84 valence electrons. The standard InChI is InChI=1S/C7H13F3N2O2/c1-6(12,5(11)13)4-14-3-2-7(8,9)10/h2-4,12H2,1H3,(H2,11,13). The Morgan fingerprint density at radius 3 is 2.29 bits per heavy atom. The van der Waals surface area contributed by atoms with Gasteiger partial charge in [-0.2, -0.15) is 13.2 Å². The average molecular weight is 214 g/mol. The molecule has 4 nitrogen and oxygen atoms in total. The number of nitrogens with two attached hydrogens (primary N) is 2. The molecule has 0 heterocycles. The first-order valence-corrected chi connectivity index (χ1v) is 3.88. The zero-order valence-corrected chi connectivity index (χ0v) is 7.73. The summed E-state index contributed by atoms with van der Waals surface area (Å²) in [6, 6.07) is 0. The minimum Gasteiger partial charge on any atom is -0.379 e. The molecule has 0 bridgehead atoms. The van der Waals surface area contributed by atoms with Crippen LogP contribution in [0.25, 0.3) is 0 Å². The third-order valence-corrected chi connectivity index (χ3v) is 1.49. The quantitative estimate of drug-likeness (QED) is 0.640. The van der Waals surface area contributed by atoms with Gasteiger partial charge in [-0.15, -0.1) is 0 Å². The van der Waals surface area contributed by atoms with Crippen molar-refractivity contribution in [2.75, 3.05) is 13.2 Å². The van der Waals surface area contributed by atoms with Gasteiger partial charge in [0.25, 0.3) is 0 Å². The van der Waals surface area contributed by atoms with Gasteiger partial charge in [0.1, 0.15) is 5.54 Å². The van der Waals surface area contributed by atoms with Crippen LogP contribution in [-0.4, -0.2) is 30.8 Å². The first kappa shape index (κ1) is 13.2. The van der Waals surface area contributed by atoms with Crippen LogP contribution in [0, 0.1) is 0 Å². The summed E-state index contributed by atoms with van der Waals surface area (Å²) in [6.45, 7) is 0.449. The number of alkyl halides is 3. The topological polar surface area (TPSA) is 78.3 Å². The fourth-order valence-electron chi connectivity index (χ4n) is 0.543. The molecule has 0 saturated carbocycles. The van der Waals surface area contributed by atoms with E-state index >= 15 is 0 Å². The van der Waals surface area contributed by atoms with E-state index in [9.17, 15) is 18.0 Å². The zero-order valence-electron chi connectivity index (χ0n) is 7.73. The van der Waals surface area contributed by atoms with E-state index in [1.807, 2.05) is 0 Å². The fourth-order valence-corrected chi connectivity index (χ4v) is 0.543. The van der Waals surface area contributed by atoms with Crippen LogP contribution in [0.3, 0.4) is 0 Å². The zero-order chi connectivity index (χ0) is 11.4. The number of carbonyl (C=O) groups excluding carboxylic acids is 1. The number of amides is 1. The van der Waals surface area contributed by atoms with Crippen LogP contribution in [0.2, 0.25) is 0 Å². The van der Waals surface area contributed by atoms with Gasteiger partial charge in [0.15, 0.2) is 0 Å². The average Bonchev–Trinajstić information content (AvgIpc) is 1.96. The highest BCUT2D eigenvalue weighted by Gasteiger charge is 2.29. The van der Waals surface area contributed by atoms with Gasteiger partial charge in [-0.1, -0.05) is 0 Å². The summed E-state index contributed by atoms with van der Waals surface area (Å²) in [7, 11) is 0. The Morgan fingerprint density at radius 2 is 1.93 bits per heavy atom. The highest BCUT2D eigenvalue weighted by molar-refractivity contribution is 5.83. The summed E-state index contributed by atoms with van der Waals surface area (Å²) in [5.41, 5.74) is 8.78. The molecule has 0 aromatic heterocycles. The van der Waals surface area contributed by atoms with Crippen molar-refractivity contribution in [3.63, 3.8) is 0 Å². The maximum Gasteiger partial charge on any atom is 0.391 e. The minimum atomic E-state index is -4.27. The van der Waals surface area contributed by atoms with Gasteiger partial charge in [0.05, 0.1) is 19.6 Å². The molecule has 0 spiro atoms. The molecule has 0 aliphatic carbocycles. The van der Waals surface area contributed by atoms with Crippen LogP contribution in [0.4, 0.5) is 13.2 Å². The van der Waals surface area contributed by atoms with Crippen molar-refractivity contribution in [2.24, 2.45) is 11.5 Å². The Kier molecular flexibility index (Phi) is 4.34. The number of halogens is 3. The van der Waals surface area contributed by atoms with E-state index in [0.717, 1.165) is 0 Å². The van der Waals surface area contributed by atoms with Crippen molar-refractivity contribution in [3.8, 4) is 0 Å². The molecule has 1 unspecified atom stereocenters. The predicted molar refractivity (Wildman–Crippen MR) is 43.3 cm³/mol. The highest BCUT2D eigenvalue weighted by atomic mass is 19.4. The first-order valence-electron chi connectivity index (χ1n) is 3.88. The van der Waals surface area contributed by atoms with Gasteiger partial charge in [0.2, 0.25) is 5.91 Å². The third kappa shape index (κ3) is 5.76. The van der Waals surface area contributed by atoms with Crippen LogP contribution in [-0.2, 0) is 9.53 Å². The Morgan fingerprint density at radius 1 is 1.43 bits per heavy atom. The molecule has 0 aromatic carbocycles. The SMILES string of the molecule is CC(N)(COCCC(F)(F)F)C(N)=O. The number of rotatable bonds is 5. The largest absolute Gasteiger partial charge is 0.391 e. The summed E-state index contributed by atoms with van der Waals surface area (Å²) >= 11 is 0. The summed E-state index contributed by atoms with van der Waals surface area (Å²) in [5, 5.41) is 0. The van der Waals surface area contributed by atoms with E-state index < -0.39 is 30.7 Å². The van der Waals surface area contributed by atoms with Crippen molar-refractivity contribution in [2.45, 2.75) is 25.1 Å². The molecule has 0 radical (unpaired) electrons. The van der Waals surface area contributed by atoms with Gasteiger partial charge in [0, 0.05) is 0 Å². The van der Waals surface area contributed by atoms with Crippen molar-refractivity contribution < 1.29 is 22.7 Å². The lowest BCUT2D eigenvalue weighted by molar-refractivity contribution is -0.147. The van der Waals surface area contributed by atoms with Gasteiger partial charge in [-0.3, -0.25) is 4.79 Å². The smallest absolute Gasteiger partial charge is 0.379 e. The highest BCUT2D eigenvalue weighted by Crippen LogP contribution is 2.19. The van der Waals surface area contributed by atoms with E-state index in [-0.39, 0.29) is 6.61 Å². The fraction of sp³-hybridized carbons (Fsp3) is 0.857. The predicted octanol–water partition coefficient (Wildman–Crippen LogP) is 0.158. The van der Waals surface area contributed by atoms with E-state index in [4.69, 9.17) is 11.5 Å². The number of ether oxygens (including phenoxy) is 1. The maximum atomic E-state index is 11.6. The van der Waals surface area contributed by atoms with E-state index in [2.05, 4.69) is 4.74 Å². The molecule has 0 aromatic rings. The maximum absolute atomic E-state index is 11.6. The van der Waals surface area contributed by atoms with E-state index in [1.165, 1.54) is 6.92 Å². The second-order valence-corrected chi connectivity index (χ2v) is 3.20. The lowest BCUT2D eigenvalue weighted by Crippen LogP contribution is -2.53. The van der Waals surface area contributed by atoms with Crippen LogP contribution in [0.1, 0.15) is 13.3 Å². The summed E-state index contributed by atoms with van der Waals surface area (Å²) in [4.78, 5) is 10.6. The number of carbonyl (C=O) groups is 1. The van der Waals surface area contributed by atoms with Crippen molar-refractivity contribution in [1.29, 1.82) is 0 Å². The molecule has 0 fully saturated rings. The molecule has 0 rings (SSSR count). The minimum absolute atomic E-state index is 0.321. The Balaban J connectivity index is 3.70. The Bertz CT molecular complexity index is 204. The van der Waals surface area contributed by atoms with Crippen LogP contribution >= 0.6 is 0 Å². The van der Waals surface area contributed by atoms with Crippen molar-refractivity contribution in [1.82, 2.24) is 0 Å². The summed E-state index contributed by atoms with van der Waals surface area (Å²) in [6.07, 6.45) is -5.33. The van der Waals surface area contributed by atoms with Crippen LogP contribution < -0.4 is 11.5 Å². The number of hydrogen-bond donors (Lipinski definition) is 2. The lowest BCUT2D eigenvalue weighted by Gasteiger charge is -2.20. The number of hydrogen-bond acceptors (Lipinski definition) is 3. The second-order valence-electron chi connectivity index (χ2n) is 3.20. The van der Waals surface area contributed by atoms with Crippen LogP contribution in [0.5, 0.6) is 0 Å². The third-order valence-electron chi connectivity index (χ3n) is 1.49. The van der Waals surface area contributed by atoms with E-state index in [0.29, 0.717) is 0 Å². The number of primary amides is 1. The summed E-state index contributed by atoms with van der Waals surface area (Å²) < 4.78 is 39.5. The molecule has 0 aliphatic rings. The van der Waals surface area contributed by atoms with Gasteiger partial charge >= 0.3 is 6.18 Å². The molecule has 0 saturated heterocycles. The molecular formula is C7H13F3N2O2. The van der Waals surface area contributed by atoms with Crippen molar-refractivity contribution >= 4 is 5.91 Å². The molecular weight excluding hydrogens is 201 g/mol. The second kappa shape index (κ2) is 4.61. The molecule has 7 heteroatoms. The van der Waals surface area contributed by atoms with Crippen molar-refractivity contribution in [3.05, 3.63) is 0 Å². The van der Waals surface area contributed by atoms with Gasteiger partial charge < -0.3 is 16.2 Å².